The van der Waals surface area contributed by atoms with Crippen LogP contribution in [0.1, 0.15) is 22.3 Å². The van der Waals surface area contributed by atoms with Crippen molar-refractivity contribution in [3.05, 3.63) is 120 Å². The summed E-state index contributed by atoms with van der Waals surface area (Å²) in [7, 11) is 0. The van der Waals surface area contributed by atoms with E-state index < -0.39 is 40.8 Å². The molecule has 0 spiro atoms. The number of aromatic nitrogens is 3. The Labute approximate surface area is 226 Å². The van der Waals surface area contributed by atoms with Crippen LogP contribution < -0.4 is 16.7 Å². The Morgan fingerprint density at radius 2 is 1.33 bits per heavy atom. The summed E-state index contributed by atoms with van der Waals surface area (Å²) in [4.78, 5) is 30.1. The molecule has 0 saturated carbocycles. The van der Waals surface area contributed by atoms with Gasteiger partial charge in [0, 0.05) is 5.69 Å². The minimum absolute atomic E-state index is 0.125. The second-order valence-electron chi connectivity index (χ2n) is 8.32. The van der Waals surface area contributed by atoms with Gasteiger partial charge in [-0.05, 0) is 53.6 Å². The summed E-state index contributed by atoms with van der Waals surface area (Å²) in [6.45, 7) is -0.634. The van der Waals surface area contributed by atoms with E-state index in [0.717, 1.165) is 51.6 Å². The van der Waals surface area contributed by atoms with Gasteiger partial charge in [-0.2, -0.15) is 31.3 Å². The van der Waals surface area contributed by atoms with Crippen molar-refractivity contribution in [2.24, 2.45) is 0 Å². The van der Waals surface area contributed by atoms with E-state index in [1.165, 1.54) is 24.3 Å². The van der Waals surface area contributed by atoms with E-state index in [4.69, 9.17) is 23.2 Å². The zero-order valence-electron chi connectivity index (χ0n) is 19.4. The van der Waals surface area contributed by atoms with Crippen molar-refractivity contribution in [1.29, 1.82) is 0 Å². The van der Waals surface area contributed by atoms with Crippen molar-refractivity contribution in [1.82, 2.24) is 14.1 Å². The lowest BCUT2D eigenvalue weighted by Gasteiger charge is -2.17. The van der Waals surface area contributed by atoms with Gasteiger partial charge < -0.3 is 5.32 Å². The number of halogens is 8. The second-order valence-corrected chi connectivity index (χ2v) is 9.13. The van der Waals surface area contributed by atoms with E-state index in [2.05, 4.69) is 10.3 Å². The lowest BCUT2D eigenvalue weighted by molar-refractivity contribution is -0.138. The van der Waals surface area contributed by atoms with Gasteiger partial charge in [-0.15, -0.1) is 0 Å². The van der Waals surface area contributed by atoms with Gasteiger partial charge in [-0.3, -0.25) is 4.57 Å². The monoisotopic (exact) mass is 588 g/mol. The van der Waals surface area contributed by atoms with Crippen molar-refractivity contribution in [3.8, 4) is 0 Å². The molecule has 0 saturated heterocycles. The van der Waals surface area contributed by atoms with Crippen molar-refractivity contribution < 1.29 is 26.3 Å². The Morgan fingerprint density at radius 3 is 1.95 bits per heavy atom. The Bertz CT molecular complexity index is 1630. The topological polar surface area (TPSA) is 68.9 Å². The Kier molecular flexibility index (Phi) is 7.80. The van der Waals surface area contributed by atoms with Crippen LogP contribution in [-0.2, 0) is 25.4 Å². The SMILES string of the molecule is O=c1nc(Nc2cccc(C(F)(F)F)c2)n(Cc2ccc(C(F)(F)F)cc2)c(=O)n1Cc1ccc(Cl)c(Cl)c1. The molecule has 204 valence electrons. The first-order valence-electron chi connectivity index (χ1n) is 11.0. The first-order chi connectivity index (χ1) is 18.2. The van der Waals surface area contributed by atoms with Crippen molar-refractivity contribution in [2.75, 3.05) is 5.32 Å². The molecule has 0 aliphatic rings. The standard InChI is InChI=1S/C25H16Cl2F6N4O2/c26-19-9-6-15(10-20(19)27)13-37-22(38)35-21(34-18-3-1-2-17(11-18)25(31,32)33)36(23(37)39)12-14-4-7-16(8-5-14)24(28,29)30/h1-11H,12-13H2,(H,34,35,38). The highest BCUT2D eigenvalue weighted by molar-refractivity contribution is 6.42. The molecular weight excluding hydrogens is 573 g/mol. The van der Waals surface area contributed by atoms with Crippen LogP contribution in [0, 0.1) is 0 Å². The molecule has 0 unspecified atom stereocenters. The highest BCUT2D eigenvalue weighted by Gasteiger charge is 2.31. The van der Waals surface area contributed by atoms with Crippen LogP contribution in [0.2, 0.25) is 10.0 Å². The van der Waals surface area contributed by atoms with Crippen LogP contribution in [0.4, 0.5) is 38.0 Å². The van der Waals surface area contributed by atoms with Crippen LogP contribution in [0.25, 0.3) is 0 Å². The highest BCUT2D eigenvalue weighted by Crippen LogP contribution is 2.32. The summed E-state index contributed by atoms with van der Waals surface area (Å²) in [6.07, 6.45) is -9.24. The van der Waals surface area contributed by atoms with Gasteiger partial charge in [0.05, 0.1) is 34.3 Å². The molecule has 4 rings (SSSR count). The predicted molar refractivity (Wildman–Crippen MR) is 134 cm³/mol. The van der Waals surface area contributed by atoms with E-state index in [1.54, 1.807) is 0 Å². The fraction of sp³-hybridized carbons (Fsp3) is 0.160. The zero-order chi connectivity index (χ0) is 28.5. The molecule has 6 nitrogen and oxygen atoms in total. The number of hydrogen-bond acceptors (Lipinski definition) is 4. The maximum Gasteiger partial charge on any atom is 0.416 e. The van der Waals surface area contributed by atoms with Crippen LogP contribution >= 0.6 is 23.2 Å². The molecule has 0 aliphatic heterocycles. The highest BCUT2D eigenvalue weighted by atomic mass is 35.5. The zero-order valence-corrected chi connectivity index (χ0v) is 21.0. The Balaban J connectivity index is 1.79. The van der Waals surface area contributed by atoms with Crippen molar-refractivity contribution >= 4 is 34.8 Å². The maximum atomic E-state index is 13.4. The molecule has 1 N–H and O–H groups in total. The summed E-state index contributed by atoms with van der Waals surface area (Å²) in [6, 6.07) is 12.3. The number of hydrogen-bond donors (Lipinski definition) is 1. The second kappa shape index (κ2) is 10.8. The molecule has 0 radical (unpaired) electrons. The molecule has 4 aromatic rings. The predicted octanol–water partition coefficient (Wildman–Crippen LogP) is 6.59. The summed E-state index contributed by atoms with van der Waals surface area (Å²) >= 11 is 11.9. The molecular formula is C25H16Cl2F6N4O2. The minimum Gasteiger partial charge on any atom is -0.325 e. The summed E-state index contributed by atoms with van der Waals surface area (Å²) in [5, 5.41) is 2.96. The van der Waals surface area contributed by atoms with Gasteiger partial charge in [-0.25, -0.2) is 14.2 Å². The molecule has 0 fully saturated rings. The van der Waals surface area contributed by atoms with Gasteiger partial charge in [0.15, 0.2) is 0 Å². The molecule has 0 atom stereocenters. The van der Waals surface area contributed by atoms with E-state index in [-0.39, 0.29) is 34.4 Å². The summed E-state index contributed by atoms with van der Waals surface area (Å²) in [5.41, 5.74) is -3.32. The maximum absolute atomic E-state index is 13.4. The fourth-order valence-corrected chi connectivity index (χ4v) is 3.93. The van der Waals surface area contributed by atoms with Gasteiger partial charge in [0.25, 0.3) is 0 Å². The normalized spacial score (nSPS) is 12.0. The average Bonchev–Trinajstić information content (AvgIpc) is 2.86. The number of rotatable bonds is 6. The van der Waals surface area contributed by atoms with Crippen LogP contribution in [0.3, 0.4) is 0 Å². The minimum atomic E-state index is -4.66. The Morgan fingerprint density at radius 1 is 0.718 bits per heavy atom. The molecule has 0 amide bonds. The summed E-state index contributed by atoms with van der Waals surface area (Å²) < 4.78 is 80.2. The fourth-order valence-electron chi connectivity index (χ4n) is 3.61. The first kappa shape index (κ1) is 28.2. The van der Waals surface area contributed by atoms with Crippen LogP contribution in [-0.4, -0.2) is 14.1 Å². The molecule has 0 bridgehead atoms. The van der Waals surface area contributed by atoms with Crippen molar-refractivity contribution in [3.63, 3.8) is 0 Å². The number of benzene rings is 3. The van der Waals surface area contributed by atoms with Gasteiger partial charge in [-0.1, -0.05) is 47.5 Å². The van der Waals surface area contributed by atoms with Gasteiger partial charge in [0.1, 0.15) is 0 Å². The number of nitrogens with zero attached hydrogens (tertiary/aromatic N) is 3. The smallest absolute Gasteiger partial charge is 0.325 e. The third-order valence-electron chi connectivity index (χ3n) is 5.54. The quantitative estimate of drug-likeness (QED) is 0.258. The largest absolute Gasteiger partial charge is 0.416 e. The number of nitrogens with one attached hydrogen (secondary N) is 1. The third kappa shape index (κ3) is 6.63. The van der Waals surface area contributed by atoms with Gasteiger partial charge in [0.2, 0.25) is 5.95 Å². The van der Waals surface area contributed by atoms with Crippen LogP contribution in [0.15, 0.2) is 76.3 Å². The molecule has 1 aromatic heterocycles. The molecule has 14 heteroatoms. The average molecular weight is 589 g/mol. The molecule has 0 aliphatic carbocycles. The van der Waals surface area contributed by atoms with E-state index in [1.807, 2.05) is 0 Å². The molecule has 1 heterocycles. The van der Waals surface area contributed by atoms with E-state index in [9.17, 15) is 35.9 Å². The number of anilines is 2. The van der Waals surface area contributed by atoms with Gasteiger partial charge >= 0.3 is 23.7 Å². The lowest BCUT2D eigenvalue weighted by Crippen LogP contribution is -2.43. The molecule has 39 heavy (non-hydrogen) atoms. The van der Waals surface area contributed by atoms with E-state index in [0.29, 0.717) is 5.56 Å². The van der Waals surface area contributed by atoms with Crippen LogP contribution in [0.5, 0.6) is 0 Å². The lowest BCUT2D eigenvalue weighted by atomic mass is 10.1. The third-order valence-corrected chi connectivity index (χ3v) is 6.28. The van der Waals surface area contributed by atoms with Crippen molar-refractivity contribution in [2.45, 2.75) is 25.4 Å². The first-order valence-corrected chi connectivity index (χ1v) is 11.7. The van der Waals surface area contributed by atoms with E-state index >= 15 is 0 Å². The number of alkyl halides is 6. The molecule has 3 aromatic carbocycles. The summed E-state index contributed by atoms with van der Waals surface area (Å²) in [5.74, 6) is -0.408. The Hall–Kier alpha value is -3.77.